The Morgan fingerprint density at radius 1 is 1.41 bits per heavy atom. The molecule has 0 aromatic heterocycles. The minimum absolute atomic E-state index is 0.00662. The van der Waals surface area contributed by atoms with Crippen molar-refractivity contribution >= 4 is 11.6 Å². The van der Waals surface area contributed by atoms with Crippen molar-refractivity contribution in [3.05, 3.63) is 29.8 Å². The lowest BCUT2D eigenvalue weighted by molar-refractivity contribution is -0.119. The van der Waals surface area contributed by atoms with Crippen LogP contribution in [0, 0.1) is 0 Å². The molecule has 0 spiro atoms. The number of rotatable bonds is 7. The molecule has 3 N–H and O–H groups in total. The Bertz CT molecular complexity index is 353. The first kappa shape index (κ1) is 13.5. The molecule has 0 bridgehead atoms. The number of carbonyl (C=O) groups excluding carboxylic acids is 1. The van der Waals surface area contributed by atoms with Gasteiger partial charge in [0.2, 0.25) is 5.91 Å². The fourth-order valence-electron chi connectivity index (χ4n) is 1.43. The van der Waals surface area contributed by atoms with Crippen LogP contribution in [0.15, 0.2) is 24.3 Å². The summed E-state index contributed by atoms with van der Waals surface area (Å²) < 4.78 is 0. The third-order valence-electron chi connectivity index (χ3n) is 2.42. The Balaban J connectivity index is 2.31. The molecule has 0 radical (unpaired) electrons. The first-order chi connectivity index (χ1) is 8.26. The fourth-order valence-corrected chi connectivity index (χ4v) is 1.43. The number of unbranched alkanes of at least 4 members (excludes halogenated alkanes) is 1. The highest BCUT2D eigenvalue weighted by atomic mass is 16.3. The molecule has 17 heavy (non-hydrogen) atoms. The SMILES string of the molecule is CCCCNC(=O)CNc1cccc(CO)c1. The summed E-state index contributed by atoms with van der Waals surface area (Å²) >= 11 is 0. The molecular formula is C13H20N2O2. The molecular weight excluding hydrogens is 216 g/mol. The van der Waals surface area contributed by atoms with Crippen LogP contribution in [-0.4, -0.2) is 24.1 Å². The third kappa shape index (κ3) is 5.36. The predicted octanol–water partition coefficient (Wildman–Crippen LogP) is 1.51. The van der Waals surface area contributed by atoms with Gasteiger partial charge in [0.1, 0.15) is 0 Å². The van der Waals surface area contributed by atoms with E-state index in [-0.39, 0.29) is 19.1 Å². The quantitative estimate of drug-likeness (QED) is 0.629. The van der Waals surface area contributed by atoms with Gasteiger partial charge in [-0.1, -0.05) is 25.5 Å². The molecule has 0 saturated carbocycles. The molecule has 0 saturated heterocycles. The van der Waals surface area contributed by atoms with E-state index in [1.165, 1.54) is 0 Å². The predicted molar refractivity (Wildman–Crippen MR) is 68.8 cm³/mol. The zero-order chi connectivity index (χ0) is 12.5. The van der Waals surface area contributed by atoms with Crippen LogP contribution >= 0.6 is 0 Å². The molecule has 1 rings (SSSR count). The van der Waals surface area contributed by atoms with Crippen molar-refractivity contribution in [2.24, 2.45) is 0 Å². The molecule has 0 atom stereocenters. The van der Waals surface area contributed by atoms with Crippen molar-refractivity contribution in [1.82, 2.24) is 5.32 Å². The zero-order valence-electron chi connectivity index (χ0n) is 10.2. The molecule has 4 heteroatoms. The molecule has 0 unspecified atom stereocenters. The number of aliphatic hydroxyl groups excluding tert-OH is 1. The Kier molecular flexibility index (Phi) is 6.10. The summed E-state index contributed by atoms with van der Waals surface area (Å²) in [6.45, 7) is 3.09. The molecule has 0 aliphatic carbocycles. The van der Waals surface area contributed by atoms with Crippen LogP contribution in [0.4, 0.5) is 5.69 Å². The first-order valence-corrected chi connectivity index (χ1v) is 5.96. The van der Waals surface area contributed by atoms with Crippen LogP contribution < -0.4 is 10.6 Å². The van der Waals surface area contributed by atoms with Gasteiger partial charge >= 0.3 is 0 Å². The summed E-state index contributed by atoms with van der Waals surface area (Å²) in [5.74, 6) is -0.00662. The van der Waals surface area contributed by atoms with Crippen molar-refractivity contribution in [2.75, 3.05) is 18.4 Å². The van der Waals surface area contributed by atoms with E-state index >= 15 is 0 Å². The summed E-state index contributed by atoms with van der Waals surface area (Å²) in [7, 11) is 0. The maximum absolute atomic E-state index is 11.4. The van der Waals surface area contributed by atoms with Gasteiger partial charge in [-0.3, -0.25) is 4.79 Å². The highest BCUT2D eigenvalue weighted by Gasteiger charge is 2.00. The standard InChI is InChI=1S/C13H20N2O2/c1-2-3-7-14-13(17)9-15-12-6-4-5-11(8-12)10-16/h4-6,8,15-16H,2-3,7,9-10H2,1H3,(H,14,17). The summed E-state index contributed by atoms with van der Waals surface area (Å²) in [4.78, 5) is 11.4. The third-order valence-corrected chi connectivity index (χ3v) is 2.42. The highest BCUT2D eigenvalue weighted by Crippen LogP contribution is 2.09. The number of anilines is 1. The van der Waals surface area contributed by atoms with Gasteiger partial charge < -0.3 is 15.7 Å². The normalized spacial score (nSPS) is 10.0. The monoisotopic (exact) mass is 236 g/mol. The average Bonchev–Trinajstić information content (AvgIpc) is 2.37. The van der Waals surface area contributed by atoms with E-state index in [1.807, 2.05) is 24.3 Å². The minimum Gasteiger partial charge on any atom is -0.392 e. The van der Waals surface area contributed by atoms with Crippen LogP contribution in [-0.2, 0) is 11.4 Å². The van der Waals surface area contributed by atoms with Crippen LogP contribution in [0.3, 0.4) is 0 Å². The summed E-state index contributed by atoms with van der Waals surface area (Å²) in [5.41, 5.74) is 1.68. The molecule has 1 aromatic rings. The van der Waals surface area contributed by atoms with Crippen molar-refractivity contribution in [3.63, 3.8) is 0 Å². The molecule has 0 heterocycles. The Hall–Kier alpha value is -1.55. The van der Waals surface area contributed by atoms with Gasteiger partial charge in [0.25, 0.3) is 0 Å². The maximum Gasteiger partial charge on any atom is 0.239 e. The number of hydrogen-bond donors (Lipinski definition) is 3. The smallest absolute Gasteiger partial charge is 0.239 e. The van der Waals surface area contributed by atoms with Crippen molar-refractivity contribution < 1.29 is 9.90 Å². The fraction of sp³-hybridized carbons (Fsp3) is 0.462. The van der Waals surface area contributed by atoms with Crippen LogP contribution in [0.2, 0.25) is 0 Å². The summed E-state index contributed by atoms with van der Waals surface area (Å²) in [5, 5.41) is 14.8. The van der Waals surface area contributed by atoms with Crippen molar-refractivity contribution in [2.45, 2.75) is 26.4 Å². The van der Waals surface area contributed by atoms with Crippen LogP contribution in [0.5, 0.6) is 0 Å². The second-order valence-corrected chi connectivity index (χ2v) is 3.92. The van der Waals surface area contributed by atoms with Gasteiger partial charge in [-0.2, -0.15) is 0 Å². The molecule has 0 fully saturated rings. The molecule has 4 nitrogen and oxygen atoms in total. The second-order valence-electron chi connectivity index (χ2n) is 3.92. The zero-order valence-corrected chi connectivity index (χ0v) is 10.2. The molecule has 1 aromatic carbocycles. The number of benzene rings is 1. The van der Waals surface area contributed by atoms with Gasteiger partial charge in [0, 0.05) is 12.2 Å². The minimum atomic E-state index is -0.00662. The van der Waals surface area contributed by atoms with Gasteiger partial charge in [-0.05, 0) is 24.1 Å². The highest BCUT2D eigenvalue weighted by molar-refractivity contribution is 5.80. The number of amides is 1. The lowest BCUT2D eigenvalue weighted by atomic mass is 10.2. The van der Waals surface area contributed by atoms with Gasteiger partial charge in [-0.25, -0.2) is 0 Å². The second kappa shape index (κ2) is 7.68. The van der Waals surface area contributed by atoms with Gasteiger partial charge in [0.15, 0.2) is 0 Å². The molecule has 0 aliphatic heterocycles. The largest absolute Gasteiger partial charge is 0.392 e. The molecule has 0 aliphatic rings. The van der Waals surface area contributed by atoms with Crippen molar-refractivity contribution in [3.8, 4) is 0 Å². The van der Waals surface area contributed by atoms with E-state index in [9.17, 15) is 4.79 Å². The van der Waals surface area contributed by atoms with E-state index in [0.29, 0.717) is 0 Å². The molecule has 94 valence electrons. The topological polar surface area (TPSA) is 61.4 Å². The lowest BCUT2D eigenvalue weighted by Crippen LogP contribution is -2.30. The average molecular weight is 236 g/mol. The maximum atomic E-state index is 11.4. The van der Waals surface area contributed by atoms with E-state index < -0.39 is 0 Å². The van der Waals surface area contributed by atoms with Crippen LogP contribution in [0.1, 0.15) is 25.3 Å². The Morgan fingerprint density at radius 2 is 2.24 bits per heavy atom. The Morgan fingerprint density at radius 3 is 2.94 bits per heavy atom. The van der Waals surface area contributed by atoms with E-state index in [1.54, 1.807) is 0 Å². The number of carbonyl (C=O) groups is 1. The van der Waals surface area contributed by atoms with Crippen molar-refractivity contribution in [1.29, 1.82) is 0 Å². The lowest BCUT2D eigenvalue weighted by Gasteiger charge is -2.08. The van der Waals surface area contributed by atoms with E-state index in [2.05, 4.69) is 17.6 Å². The molecule has 1 amide bonds. The van der Waals surface area contributed by atoms with Gasteiger partial charge in [0.05, 0.1) is 13.2 Å². The van der Waals surface area contributed by atoms with Gasteiger partial charge in [-0.15, -0.1) is 0 Å². The summed E-state index contributed by atoms with van der Waals surface area (Å²) in [6, 6.07) is 7.40. The van der Waals surface area contributed by atoms with Crippen LogP contribution in [0.25, 0.3) is 0 Å². The Labute approximate surface area is 102 Å². The summed E-state index contributed by atoms with van der Waals surface area (Å²) in [6.07, 6.45) is 2.08. The number of hydrogen-bond acceptors (Lipinski definition) is 3. The first-order valence-electron chi connectivity index (χ1n) is 5.96. The van der Waals surface area contributed by atoms with E-state index in [0.717, 1.165) is 30.6 Å². The van der Waals surface area contributed by atoms with E-state index in [4.69, 9.17) is 5.11 Å². The number of aliphatic hydroxyl groups is 1. The number of nitrogens with one attached hydrogen (secondary N) is 2.